The van der Waals surface area contributed by atoms with Gasteiger partial charge in [0.05, 0.1) is 44.7 Å². The summed E-state index contributed by atoms with van der Waals surface area (Å²) in [6.45, 7) is -0.399. The Kier molecular flexibility index (Phi) is 16.4. The Balaban J connectivity index is 1.42. The maximum absolute atomic E-state index is 11.5. The van der Waals surface area contributed by atoms with Crippen molar-refractivity contribution in [1.29, 1.82) is 0 Å². The van der Waals surface area contributed by atoms with E-state index in [0.717, 1.165) is 0 Å². The SMILES string of the molecule is CC1O[C@@H](OC2C(O)C(O)C(CO)O[C@H]2OC2[C@@H](O)C(CO)O[C@@H](OC3C(O)C(CO)OC(OC4C(CO)O[C@@H](C)C(O)C4O)C3O)[C@H]2N(C)C)[C@@H](O)C(O)C1O. The molecule has 0 spiro atoms. The van der Waals surface area contributed by atoms with Crippen LogP contribution in [0.1, 0.15) is 13.8 Å². The molecule has 334 valence electrons. The van der Waals surface area contributed by atoms with Gasteiger partial charge in [-0.3, -0.25) is 4.90 Å². The topological polar surface area (TPSA) is 370 Å². The lowest BCUT2D eigenvalue weighted by molar-refractivity contribution is -0.392. The van der Waals surface area contributed by atoms with E-state index in [4.69, 9.17) is 42.6 Å². The zero-order valence-corrected chi connectivity index (χ0v) is 31.6. The molecule has 5 saturated heterocycles. The van der Waals surface area contributed by atoms with Gasteiger partial charge in [-0.25, -0.2) is 0 Å². The van der Waals surface area contributed by atoms with E-state index in [-0.39, 0.29) is 0 Å². The number of aliphatic hydroxyl groups excluding tert-OH is 14. The average molecular weight is 838 g/mol. The third-order valence-electron chi connectivity index (χ3n) is 11.1. The largest absolute Gasteiger partial charge is 0.394 e. The molecule has 18 unspecified atom stereocenters. The fourth-order valence-corrected chi connectivity index (χ4v) is 7.69. The van der Waals surface area contributed by atoms with Crippen molar-refractivity contribution in [2.75, 3.05) is 40.5 Å². The van der Waals surface area contributed by atoms with Gasteiger partial charge in [-0.2, -0.15) is 0 Å². The quantitative estimate of drug-likeness (QED) is 0.0819. The van der Waals surface area contributed by atoms with Crippen LogP contribution in [0, 0.1) is 0 Å². The molecule has 5 fully saturated rings. The van der Waals surface area contributed by atoms with Gasteiger partial charge < -0.3 is 114 Å². The van der Waals surface area contributed by atoms with E-state index in [2.05, 4.69) is 0 Å². The highest BCUT2D eigenvalue weighted by molar-refractivity contribution is 5.00. The molecule has 5 heterocycles. The molecule has 24 nitrogen and oxygen atoms in total. The number of nitrogens with zero attached hydrogens (tertiary/aromatic N) is 1. The average Bonchev–Trinajstić information content (AvgIpc) is 3.18. The van der Waals surface area contributed by atoms with Gasteiger partial charge in [0.25, 0.3) is 0 Å². The molecule has 0 amide bonds. The summed E-state index contributed by atoms with van der Waals surface area (Å²) in [7, 11) is 2.98. The van der Waals surface area contributed by atoms with Crippen LogP contribution in [0.15, 0.2) is 0 Å². The molecule has 5 rings (SSSR count). The number of ether oxygens (including phenoxy) is 9. The molecule has 0 aliphatic carbocycles. The van der Waals surface area contributed by atoms with Crippen molar-refractivity contribution in [3.8, 4) is 0 Å². The molecule has 0 radical (unpaired) electrons. The van der Waals surface area contributed by atoms with Crippen molar-refractivity contribution in [2.24, 2.45) is 0 Å². The van der Waals surface area contributed by atoms with Crippen LogP contribution in [-0.4, -0.2) is 270 Å². The molecule has 0 aromatic carbocycles. The minimum absolute atomic E-state index is 0.676. The summed E-state index contributed by atoms with van der Waals surface area (Å²) < 4.78 is 52.2. The molecule has 5 aliphatic heterocycles. The highest BCUT2D eigenvalue weighted by atomic mass is 16.8. The Morgan fingerprint density at radius 3 is 1.37 bits per heavy atom. The molecule has 0 aromatic heterocycles. The van der Waals surface area contributed by atoms with E-state index in [1.54, 1.807) is 0 Å². The van der Waals surface area contributed by atoms with E-state index >= 15 is 0 Å². The van der Waals surface area contributed by atoms with E-state index in [1.165, 1.54) is 32.8 Å². The summed E-state index contributed by atoms with van der Waals surface area (Å²) >= 11 is 0. The Morgan fingerprint density at radius 1 is 0.368 bits per heavy atom. The molecule has 0 saturated carbocycles. The van der Waals surface area contributed by atoms with Crippen molar-refractivity contribution < 1.29 is 114 Å². The maximum atomic E-state index is 11.5. The van der Waals surface area contributed by atoms with Gasteiger partial charge in [0, 0.05) is 0 Å². The monoisotopic (exact) mass is 837 g/mol. The minimum Gasteiger partial charge on any atom is -0.394 e. The van der Waals surface area contributed by atoms with E-state index in [9.17, 15) is 71.5 Å². The Morgan fingerprint density at radius 2 is 0.789 bits per heavy atom. The van der Waals surface area contributed by atoms with Crippen molar-refractivity contribution in [3.63, 3.8) is 0 Å². The van der Waals surface area contributed by atoms with Crippen LogP contribution < -0.4 is 0 Å². The lowest BCUT2D eigenvalue weighted by atomic mass is 9.93. The first kappa shape index (κ1) is 47.1. The van der Waals surface area contributed by atoms with Crippen molar-refractivity contribution in [1.82, 2.24) is 4.90 Å². The summed E-state index contributed by atoms with van der Waals surface area (Å²) in [6, 6.07) is -1.28. The lowest BCUT2D eigenvalue weighted by Crippen LogP contribution is -2.70. The van der Waals surface area contributed by atoms with Crippen LogP contribution in [0.25, 0.3) is 0 Å². The van der Waals surface area contributed by atoms with E-state index < -0.39 is 180 Å². The highest BCUT2D eigenvalue weighted by Crippen LogP contribution is 2.37. The first-order valence-electron chi connectivity index (χ1n) is 18.7. The third-order valence-corrected chi connectivity index (χ3v) is 11.1. The normalized spacial score (nSPS) is 52.6. The maximum Gasteiger partial charge on any atom is 0.187 e. The first-order chi connectivity index (χ1) is 26.9. The number of likely N-dealkylation sites (N-methyl/N-ethyl adjacent to an activating group) is 1. The summed E-state index contributed by atoms with van der Waals surface area (Å²) in [5.41, 5.74) is 0. The molecule has 57 heavy (non-hydrogen) atoms. The fourth-order valence-electron chi connectivity index (χ4n) is 7.69. The fraction of sp³-hybridized carbons (Fsp3) is 1.00. The van der Waals surface area contributed by atoms with Crippen LogP contribution in [0.4, 0.5) is 0 Å². The smallest absolute Gasteiger partial charge is 0.187 e. The van der Waals surface area contributed by atoms with Gasteiger partial charge in [0.1, 0.15) is 110 Å². The van der Waals surface area contributed by atoms with E-state index in [1.807, 2.05) is 0 Å². The molecule has 14 N–H and O–H groups in total. The van der Waals surface area contributed by atoms with Gasteiger partial charge in [0.15, 0.2) is 25.2 Å². The van der Waals surface area contributed by atoms with Crippen LogP contribution in [0.2, 0.25) is 0 Å². The zero-order chi connectivity index (χ0) is 42.2. The summed E-state index contributed by atoms with van der Waals surface area (Å²) in [4.78, 5) is 1.42. The minimum atomic E-state index is -1.95. The van der Waals surface area contributed by atoms with Gasteiger partial charge in [0.2, 0.25) is 0 Å². The third kappa shape index (κ3) is 9.59. The molecule has 25 atom stereocenters. The second-order valence-corrected chi connectivity index (χ2v) is 15.2. The Bertz CT molecular complexity index is 1240. The second-order valence-electron chi connectivity index (χ2n) is 15.2. The molecule has 0 bridgehead atoms. The van der Waals surface area contributed by atoms with Crippen LogP contribution in [-0.2, 0) is 42.6 Å². The summed E-state index contributed by atoms with van der Waals surface area (Å²) in [6.07, 6.45) is -38.8. The molecule has 0 aromatic rings. The van der Waals surface area contributed by atoms with Crippen molar-refractivity contribution in [3.05, 3.63) is 0 Å². The van der Waals surface area contributed by atoms with Gasteiger partial charge >= 0.3 is 0 Å². The number of hydrogen-bond acceptors (Lipinski definition) is 24. The predicted octanol–water partition coefficient (Wildman–Crippen LogP) is -9.26. The summed E-state index contributed by atoms with van der Waals surface area (Å²) in [5.74, 6) is 0. The number of hydrogen-bond donors (Lipinski definition) is 14. The standard InChI is InChI=1S/C33H59NO23/c1-9-17(40)22(45)26(14(8-38)49-9)54-32-25(48)28(20(43)13(7-37)52-32)56-30-15(34(3)4)27(19(42)12(6-36)51-30)55-33-29(23(46)18(41)11(5-35)53-33)57-31-24(47)21(44)16(39)10(2)50-31/h9-33,35-48H,5-8H2,1-4H3/t9-,10?,11?,12?,13?,14?,15-,16?,17?,18?,19-,20?,21?,22?,23?,24-,25?,26?,27?,28?,29?,30-,31-,32?,33-/m0/s1. The Labute approximate surface area is 326 Å². The number of aliphatic hydroxyl groups is 14. The number of rotatable bonds is 13. The Hall–Kier alpha value is -0.960. The van der Waals surface area contributed by atoms with Gasteiger partial charge in [-0.15, -0.1) is 0 Å². The molecule has 24 heteroatoms. The van der Waals surface area contributed by atoms with Gasteiger partial charge in [-0.05, 0) is 27.9 Å². The zero-order valence-electron chi connectivity index (χ0n) is 31.6. The van der Waals surface area contributed by atoms with Gasteiger partial charge in [-0.1, -0.05) is 0 Å². The van der Waals surface area contributed by atoms with Crippen molar-refractivity contribution in [2.45, 2.75) is 167 Å². The van der Waals surface area contributed by atoms with Crippen molar-refractivity contribution >= 4 is 0 Å². The second kappa shape index (κ2) is 19.8. The van der Waals surface area contributed by atoms with Crippen LogP contribution in [0.5, 0.6) is 0 Å². The van der Waals surface area contributed by atoms with Crippen LogP contribution >= 0.6 is 0 Å². The summed E-state index contributed by atoms with van der Waals surface area (Å²) in [5, 5.41) is 149. The van der Waals surface area contributed by atoms with Crippen LogP contribution in [0.3, 0.4) is 0 Å². The predicted molar refractivity (Wildman–Crippen MR) is 180 cm³/mol. The van der Waals surface area contributed by atoms with E-state index in [0.29, 0.717) is 0 Å². The molecular formula is C33H59NO23. The highest BCUT2D eigenvalue weighted by Gasteiger charge is 2.57. The first-order valence-corrected chi connectivity index (χ1v) is 18.7. The molecular weight excluding hydrogens is 778 g/mol. The lowest BCUT2D eigenvalue weighted by Gasteiger charge is -2.52. The molecule has 5 aliphatic rings.